The second-order valence-corrected chi connectivity index (χ2v) is 18.4. The smallest absolute Gasteiger partial charge is 1.00 e. The number of anilines is 5. The monoisotopic (exact) mass is 1470 g/mol. The minimum absolute atomic E-state index is 0. The third kappa shape index (κ3) is 33.7. The average Bonchev–Trinajstić information content (AvgIpc) is 3.37. The Bertz CT molecular complexity index is 2610. The fraction of sp³-hybridized carbons (Fsp3) is 0.392. The largest absolute Gasteiger partial charge is 1.00 e. The third-order valence-electron chi connectivity index (χ3n) is 10.6. The summed E-state index contributed by atoms with van der Waals surface area (Å²) in [4.78, 5) is 90.1. The number of piperidine rings is 2. The number of unbranched alkanes of at least 4 members (excludes halogenated alkanes) is 2. The molecule has 3 amide bonds. The van der Waals surface area contributed by atoms with Crippen molar-refractivity contribution < 1.29 is 190 Å². The maximum atomic E-state index is 11.8. The number of nitrogens with zero attached hydrogens (tertiary/aromatic N) is 5. The van der Waals surface area contributed by atoms with Gasteiger partial charge in [-0.15, -0.1) is 0 Å². The second kappa shape index (κ2) is 46.6. The zero-order chi connectivity index (χ0) is 57.8. The van der Waals surface area contributed by atoms with Crippen molar-refractivity contribution in [2.24, 2.45) is 0 Å². The van der Waals surface area contributed by atoms with Gasteiger partial charge in [-0.1, -0.05) is 31.9 Å². The number of carbonyl (C=O) groups excluding carboxylic acids is 5. The summed E-state index contributed by atoms with van der Waals surface area (Å²) in [5.74, 6) is 2.02. The van der Waals surface area contributed by atoms with Crippen LogP contribution >= 0.6 is 43.5 Å². The van der Waals surface area contributed by atoms with Gasteiger partial charge in [0.25, 0.3) is 23.5 Å². The summed E-state index contributed by atoms with van der Waals surface area (Å²) in [5, 5.41) is 50.1. The molecule has 6 rings (SSSR count). The van der Waals surface area contributed by atoms with Crippen LogP contribution in [-0.2, 0) is 28.9 Å². The van der Waals surface area contributed by atoms with E-state index < -0.39 is 14.8 Å². The van der Waals surface area contributed by atoms with Gasteiger partial charge in [-0.05, 0) is 162 Å². The van der Waals surface area contributed by atoms with Crippen molar-refractivity contribution in [3.8, 4) is 0 Å². The Morgan fingerprint density at radius 1 is 0.731 bits per heavy atom. The molecule has 2 aliphatic heterocycles. The third-order valence-corrected chi connectivity index (χ3v) is 11.9. The van der Waals surface area contributed by atoms with E-state index in [0.29, 0.717) is 49.2 Å². The first-order chi connectivity index (χ1) is 36.0. The van der Waals surface area contributed by atoms with Crippen molar-refractivity contribution in [1.29, 1.82) is 5.41 Å². The van der Waals surface area contributed by atoms with Crippen LogP contribution in [-0.4, -0.2) is 73.8 Å². The molecule has 0 saturated carbocycles. The van der Waals surface area contributed by atoms with Crippen molar-refractivity contribution in [3.05, 3.63) is 132 Å². The van der Waals surface area contributed by atoms with Crippen LogP contribution in [0.4, 0.5) is 45.5 Å². The minimum Gasteiger partial charge on any atom is -1.00 e. The number of alkyl halides is 2. The minimum atomic E-state index is -0.450. The summed E-state index contributed by atoms with van der Waals surface area (Å²) in [6.07, 6.45) is 9.93. The van der Waals surface area contributed by atoms with E-state index in [0.717, 1.165) is 102 Å². The van der Waals surface area contributed by atoms with Gasteiger partial charge in [0.2, 0.25) is 23.0 Å². The van der Waals surface area contributed by atoms with Gasteiger partial charge in [0.05, 0.1) is 14.8 Å². The van der Waals surface area contributed by atoms with Crippen LogP contribution in [0.25, 0.3) is 0 Å². The quantitative estimate of drug-likeness (QED) is 0.0141. The first-order valence-electron chi connectivity index (χ1n) is 23.5. The first-order valence-corrected chi connectivity index (χ1v) is 26.1. The number of hydrogen-bond acceptors (Lipinski definition) is 16. The van der Waals surface area contributed by atoms with Gasteiger partial charge in [0.15, 0.2) is 0 Å². The van der Waals surface area contributed by atoms with Gasteiger partial charge in [-0.25, -0.2) is 0 Å². The predicted octanol–water partition coefficient (Wildman–Crippen LogP) is 4.95. The zero-order valence-electron chi connectivity index (χ0n) is 45.9. The molecular formula is C51H68Br2ClCs2N9O13. The van der Waals surface area contributed by atoms with E-state index in [-0.39, 0.29) is 187 Å². The summed E-state index contributed by atoms with van der Waals surface area (Å²) in [6.45, 7) is 11.5. The summed E-state index contributed by atoms with van der Waals surface area (Å²) < 4.78 is 0. The molecule has 0 unspecified atom stereocenters. The molecule has 2 saturated heterocycles. The zero-order valence-corrected chi connectivity index (χ0v) is 61.3. The molecule has 0 aromatic heterocycles. The number of nitrogens with one attached hydrogen (secondary N) is 2. The van der Waals surface area contributed by atoms with Crippen molar-refractivity contribution in [2.45, 2.75) is 105 Å². The van der Waals surface area contributed by atoms with Gasteiger partial charge < -0.3 is 38.2 Å². The predicted molar refractivity (Wildman–Crippen MR) is 304 cm³/mol. The molecule has 2 fully saturated rings. The molecule has 0 atom stereocenters. The van der Waals surface area contributed by atoms with E-state index in [1.165, 1.54) is 42.5 Å². The van der Waals surface area contributed by atoms with E-state index in [9.17, 15) is 49.5 Å². The normalized spacial score (nSPS) is 11.7. The molecule has 0 aliphatic carbocycles. The summed E-state index contributed by atoms with van der Waals surface area (Å²) in [6, 6.07) is 19.1. The molecule has 6 N–H and O–H groups in total. The fourth-order valence-electron chi connectivity index (χ4n) is 6.79. The number of aryl methyl sites for hydroxylation is 4. The Morgan fingerprint density at radius 3 is 1.50 bits per heavy atom. The number of nitro groups is 3. The molecule has 0 spiro atoms. The number of rotatable bonds is 15. The molecule has 0 bridgehead atoms. The van der Waals surface area contributed by atoms with Gasteiger partial charge in [-0.3, -0.25) is 59.7 Å². The topological polar surface area (TPSA) is 341 Å². The Balaban J connectivity index is -0.000000286. The molecule has 22 nitrogen and oxygen atoms in total. The maximum Gasteiger partial charge on any atom is 1.00 e. The molecule has 4 aromatic rings. The number of nitrogen functional groups attached to an aromatic ring is 2. The van der Waals surface area contributed by atoms with Gasteiger partial charge in [0.1, 0.15) is 0 Å². The Labute approximate surface area is 596 Å². The average molecular weight is 1480 g/mol. The number of amides is 3. The number of benzene rings is 4. The van der Waals surface area contributed by atoms with Gasteiger partial charge in [-0.2, -0.15) is 0 Å². The van der Waals surface area contributed by atoms with E-state index in [1.54, 1.807) is 43.7 Å². The molecule has 0 radical (unpaired) electrons. The Kier molecular flexibility index (Phi) is 47.3. The Hall–Kier alpha value is -3.01. The van der Waals surface area contributed by atoms with E-state index in [4.69, 9.17) is 38.5 Å². The van der Waals surface area contributed by atoms with Crippen LogP contribution in [0.1, 0.15) is 102 Å². The second-order valence-electron chi connectivity index (χ2n) is 16.4. The van der Waals surface area contributed by atoms with Crippen LogP contribution in [0.5, 0.6) is 0 Å². The SMILES string of the molecule is C=C=N.Cc1cc(N)ccc1N1CCCCC1=O.Cc1cc([N+](=O)[O-])ccc1N.Cc1cc([N+](=O)[O-])ccc1N1CCCCC1=O.Cc1cc([N+](=O)[O-])ccc1NC(=O)CCCCBr.O=C(Cl)CCCCBr.O=CO[O-].[Cs+].[Cs+].[H-].[HH]. The number of nitro benzene ring substituents is 3. The molecule has 78 heavy (non-hydrogen) atoms. The van der Waals surface area contributed by atoms with Crippen LogP contribution < -0.4 is 170 Å². The molecule has 2 heterocycles. The Morgan fingerprint density at radius 2 is 1.13 bits per heavy atom. The summed E-state index contributed by atoms with van der Waals surface area (Å²) in [7, 11) is 0. The van der Waals surface area contributed by atoms with E-state index >= 15 is 0 Å². The van der Waals surface area contributed by atoms with Crippen molar-refractivity contribution in [3.63, 3.8) is 0 Å². The molecule has 2 aliphatic rings. The van der Waals surface area contributed by atoms with E-state index in [2.05, 4.69) is 48.6 Å². The maximum absolute atomic E-state index is 11.8. The first kappa shape index (κ1) is 79.2. The number of hydrogen-bond donors (Lipinski definition) is 4. The van der Waals surface area contributed by atoms with Gasteiger partial charge >= 0.3 is 138 Å². The van der Waals surface area contributed by atoms with E-state index in [1.807, 2.05) is 30.0 Å². The molecule has 418 valence electrons. The number of carbonyl (C=O) groups is 5. The summed E-state index contributed by atoms with van der Waals surface area (Å²) >= 11 is 11.6. The number of non-ortho nitro benzene ring substituents is 3. The van der Waals surface area contributed by atoms with Crippen LogP contribution in [0.2, 0.25) is 0 Å². The number of halogens is 3. The fourth-order valence-corrected chi connectivity index (χ4v) is 7.71. The number of nitrogens with two attached hydrogens (primary N) is 2. The van der Waals surface area contributed by atoms with Crippen LogP contribution in [0.3, 0.4) is 0 Å². The molecule has 27 heteroatoms. The van der Waals surface area contributed by atoms with Crippen LogP contribution in [0.15, 0.2) is 79.4 Å². The van der Waals surface area contributed by atoms with Crippen LogP contribution in [0, 0.1) is 63.4 Å². The van der Waals surface area contributed by atoms with Crippen molar-refractivity contribution in [2.75, 3.05) is 50.3 Å². The van der Waals surface area contributed by atoms with Crippen molar-refractivity contribution in [1.82, 2.24) is 0 Å². The molecular weight excluding hydrogens is 1410 g/mol. The summed E-state index contributed by atoms with van der Waals surface area (Å²) in [5.41, 5.74) is 18.4. The van der Waals surface area contributed by atoms with Crippen molar-refractivity contribution >= 4 is 124 Å². The van der Waals surface area contributed by atoms with Gasteiger partial charge in [0, 0.05) is 116 Å². The standard InChI is InChI=1S/C12H15BrN2O3.C12H14N2O3.C12H16N2O.C7H8N2O2.C5H8BrClO.C2H3N.CH2O3.2Cs.H2.H/c1-9-8-10(15(17)18)5-6-11(9)14-12(16)4-2-3-7-13;1-9-8-10(14(16)17)5-6-11(9)13-7-3-2-4-12(13)15;1-9-8-10(13)5-6-11(9)14-7-3-2-4-12(14)15;1-5-4-6(9(10)11)2-3-7(5)8;6-4-2-1-3-5(7)8;1-2-3;2-1-4-3;;;;/h5-6,8H,2-4,7H2,1H3,(H,14,16);5-6,8H,2-4,7H2,1H3;5-6,8H,2-4,7,13H2,1H3;2-4H,8H2,1H3;1-4H2;3H,1H2;1,3H;;;1H;/q;;;;;;;2*+1;;-1/p-1. The molecule has 4 aromatic carbocycles.